The smallest absolute Gasteiger partial charge is 0.253 e. The summed E-state index contributed by atoms with van der Waals surface area (Å²) in [5.74, 6) is 2.30. The van der Waals surface area contributed by atoms with E-state index >= 15 is 0 Å². The summed E-state index contributed by atoms with van der Waals surface area (Å²) in [6, 6.07) is 8.29. The van der Waals surface area contributed by atoms with E-state index < -0.39 is 0 Å². The molecule has 3 heterocycles. The maximum Gasteiger partial charge on any atom is 0.253 e. The van der Waals surface area contributed by atoms with Crippen LogP contribution in [0.15, 0.2) is 42.7 Å². The number of rotatable bonds is 4. The lowest BCUT2D eigenvalue weighted by molar-refractivity contribution is 0.0710. The monoisotopic (exact) mass is 366 g/mol. The van der Waals surface area contributed by atoms with Crippen LogP contribution in [0.25, 0.3) is 0 Å². The molecule has 0 saturated carbocycles. The minimum absolute atomic E-state index is 0.00536. The molecule has 1 saturated heterocycles. The van der Waals surface area contributed by atoms with Gasteiger partial charge in [-0.25, -0.2) is 0 Å². The summed E-state index contributed by atoms with van der Waals surface area (Å²) in [6.45, 7) is 1.96. The molecule has 140 valence electrons. The molecule has 0 radical (unpaired) electrons. The highest BCUT2D eigenvalue weighted by molar-refractivity contribution is 5.94. The zero-order valence-corrected chi connectivity index (χ0v) is 15.2. The van der Waals surface area contributed by atoms with Crippen LogP contribution in [0.3, 0.4) is 0 Å². The average Bonchev–Trinajstić information content (AvgIpc) is 3.33. The quantitative estimate of drug-likeness (QED) is 0.760. The number of phenols is 1. The van der Waals surface area contributed by atoms with Crippen molar-refractivity contribution in [2.24, 2.45) is 7.05 Å². The lowest BCUT2D eigenvalue weighted by Gasteiger charge is -2.31. The Morgan fingerprint density at radius 3 is 2.59 bits per heavy atom. The van der Waals surface area contributed by atoms with Gasteiger partial charge in [0.2, 0.25) is 0 Å². The summed E-state index contributed by atoms with van der Waals surface area (Å²) in [5.41, 5.74) is 0.603. The molecule has 0 bridgehead atoms. The fraction of sp³-hybridized carbons (Fsp3) is 0.368. The highest BCUT2D eigenvalue weighted by Gasteiger charge is 2.27. The number of carbonyl (C=O) groups excluding carboxylic acids is 1. The van der Waals surface area contributed by atoms with Crippen molar-refractivity contribution in [3.05, 3.63) is 59.9 Å². The molecule has 4 rings (SSSR count). The molecule has 8 nitrogen and oxygen atoms in total. The Kier molecular flexibility index (Phi) is 4.62. The Bertz CT molecular complexity index is 908. The summed E-state index contributed by atoms with van der Waals surface area (Å²) in [5, 5.41) is 22.3. The van der Waals surface area contributed by atoms with Gasteiger partial charge in [0.15, 0.2) is 5.82 Å². The molecular formula is C19H22N6O2. The van der Waals surface area contributed by atoms with Crippen LogP contribution < -0.4 is 0 Å². The van der Waals surface area contributed by atoms with Crippen LogP contribution in [0.2, 0.25) is 0 Å². The summed E-state index contributed by atoms with van der Waals surface area (Å²) in [4.78, 5) is 14.5. The number of likely N-dealkylation sites (tertiary alicyclic amines) is 1. The second kappa shape index (κ2) is 7.22. The molecule has 0 atom stereocenters. The van der Waals surface area contributed by atoms with E-state index in [2.05, 4.69) is 15.3 Å². The molecule has 1 aromatic carbocycles. The van der Waals surface area contributed by atoms with Gasteiger partial charge in [-0.15, -0.1) is 10.2 Å². The van der Waals surface area contributed by atoms with Gasteiger partial charge in [-0.3, -0.25) is 9.48 Å². The number of hydrogen-bond donors (Lipinski definition) is 1. The molecular weight excluding hydrogens is 344 g/mol. The molecule has 2 aromatic heterocycles. The van der Waals surface area contributed by atoms with E-state index in [0.29, 0.717) is 25.2 Å². The normalized spacial score (nSPS) is 15.2. The van der Waals surface area contributed by atoms with Gasteiger partial charge in [-0.05, 0) is 43.2 Å². The lowest BCUT2D eigenvalue weighted by Crippen LogP contribution is -2.38. The van der Waals surface area contributed by atoms with Gasteiger partial charge >= 0.3 is 0 Å². The molecule has 1 N–H and O–H groups in total. The van der Waals surface area contributed by atoms with Crippen LogP contribution in [-0.4, -0.2) is 53.5 Å². The number of hydrogen-bond acceptors (Lipinski definition) is 5. The van der Waals surface area contributed by atoms with Crippen molar-refractivity contribution >= 4 is 5.91 Å². The summed E-state index contributed by atoms with van der Waals surface area (Å²) < 4.78 is 3.87. The number of piperidine rings is 1. The minimum atomic E-state index is 0.00536. The highest BCUT2D eigenvalue weighted by Crippen LogP contribution is 2.28. The molecule has 1 fully saturated rings. The summed E-state index contributed by atoms with van der Waals surface area (Å²) in [7, 11) is 1.99. The van der Waals surface area contributed by atoms with Gasteiger partial charge in [-0.1, -0.05) is 0 Å². The fourth-order valence-electron chi connectivity index (χ4n) is 3.53. The van der Waals surface area contributed by atoms with Crippen molar-refractivity contribution in [1.82, 2.24) is 29.4 Å². The zero-order valence-electron chi connectivity index (χ0n) is 15.2. The zero-order chi connectivity index (χ0) is 18.8. The maximum atomic E-state index is 12.6. The molecule has 27 heavy (non-hydrogen) atoms. The van der Waals surface area contributed by atoms with Crippen LogP contribution in [0.5, 0.6) is 5.75 Å². The van der Waals surface area contributed by atoms with Crippen molar-refractivity contribution < 1.29 is 9.90 Å². The first-order valence-electron chi connectivity index (χ1n) is 9.05. The van der Waals surface area contributed by atoms with Crippen molar-refractivity contribution in [3.63, 3.8) is 0 Å². The minimum Gasteiger partial charge on any atom is -0.508 e. The fourth-order valence-corrected chi connectivity index (χ4v) is 3.53. The predicted octanol–water partition coefficient (Wildman–Crippen LogP) is 1.79. The van der Waals surface area contributed by atoms with E-state index in [0.717, 1.165) is 24.5 Å². The van der Waals surface area contributed by atoms with E-state index in [9.17, 15) is 9.90 Å². The Morgan fingerprint density at radius 2 is 1.93 bits per heavy atom. The van der Waals surface area contributed by atoms with Crippen molar-refractivity contribution in [3.8, 4) is 5.75 Å². The maximum absolute atomic E-state index is 12.6. The number of aromatic nitrogens is 5. The van der Waals surface area contributed by atoms with Gasteiger partial charge < -0.3 is 14.6 Å². The van der Waals surface area contributed by atoms with Gasteiger partial charge in [0.25, 0.3) is 5.91 Å². The third kappa shape index (κ3) is 3.55. The molecule has 1 aliphatic heterocycles. The Morgan fingerprint density at radius 1 is 1.19 bits per heavy atom. The second-order valence-electron chi connectivity index (χ2n) is 6.85. The number of aromatic hydroxyl groups is 1. The van der Waals surface area contributed by atoms with E-state index in [1.165, 1.54) is 0 Å². The average molecular weight is 366 g/mol. The molecule has 1 aliphatic rings. The SMILES string of the molecule is Cn1c(Cn2cccn2)nnc1C1CCN(C(=O)c2ccc(O)cc2)CC1. The Hall–Kier alpha value is -3.16. The highest BCUT2D eigenvalue weighted by atomic mass is 16.3. The third-order valence-electron chi connectivity index (χ3n) is 5.12. The van der Waals surface area contributed by atoms with Gasteiger partial charge in [0.05, 0.1) is 0 Å². The number of carbonyl (C=O) groups is 1. The largest absolute Gasteiger partial charge is 0.508 e. The standard InChI is InChI=1S/C19H22N6O2/c1-23-17(13-25-10-2-9-20-25)21-22-18(23)14-7-11-24(12-8-14)19(27)15-3-5-16(26)6-4-15/h2-6,9-10,14,26H,7-8,11-13H2,1H3. The second-order valence-corrected chi connectivity index (χ2v) is 6.85. The predicted molar refractivity (Wildman–Crippen MR) is 98.3 cm³/mol. The number of amides is 1. The van der Waals surface area contributed by atoms with Gasteiger partial charge in [-0.2, -0.15) is 5.10 Å². The number of phenolic OH excluding ortho intramolecular Hbond substituents is 1. The molecule has 0 spiro atoms. The molecule has 1 amide bonds. The first-order valence-corrected chi connectivity index (χ1v) is 9.05. The van der Waals surface area contributed by atoms with Crippen LogP contribution in [0, 0.1) is 0 Å². The number of nitrogens with zero attached hydrogens (tertiary/aromatic N) is 6. The van der Waals surface area contributed by atoms with Crippen LogP contribution in [0.4, 0.5) is 0 Å². The van der Waals surface area contributed by atoms with Crippen LogP contribution in [0.1, 0.15) is 40.8 Å². The van der Waals surface area contributed by atoms with Gasteiger partial charge in [0, 0.05) is 44.0 Å². The van der Waals surface area contributed by atoms with Crippen molar-refractivity contribution in [2.45, 2.75) is 25.3 Å². The van der Waals surface area contributed by atoms with E-state index in [-0.39, 0.29) is 17.6 Å². The van der Waals surface area contributed by atoms with Crippen molar-refractivity contribution in [2.75, 3.05) is 13.1 Å². The topological polar surface area (TPSA) is 89.1 Å². The summed E-state index contributed by atoms with van der Waals surface area (Å²) >= 11 is 0. The lowest BCUT2D eigenvalue weighted by atomic mass is 9.95. The first-order chi connectivity index (χ1) is 13.1. The van der Waals surface area contributed by atoms with E-state index in [1.54, 1.807) is 30.5 Å². The Labute approximate surface area is 157 Å². The van der Waals surface area contributed by atoms with Crippen LogP contribution >= 0.6 is 0 Å². The summed E-state index contributed by atoms with van der Waals surface area (Å²) in [6.07, 6.45) is 5.37. The Balaban J connectivity index is 1.40. The van der Waals surface area contributed by atoms with Gasteiger partial charge in [0.1, 0.15) is 18.1 Å². The van der Waals surface area contributed by atoms with E-state index in [4.69, 9.17) is 0 Å². The molecule has 0 aliphatic carbocycles. The number of benzene rings is 1. The first kappa shape index (κ1) is 17.3. The van der Waals surface area contributed by atoms with Crippen LogP contribution in [-0.2, 0) is 13.6 Å². The van der Waals surface area contributed by atoms with E-state index in [1.807, 2.05) is 33.5 Å². The third-order valence-corrected chi connectivity index (χ3v) is 5.12. The molecule has 0 unspecified atom stereocenters. The molecule has 8 heteroatoms. The van der Waals surface area contributed by atoms with Crippen molar-refractivity contribution in [1.29, 1.82) is 0 Å². The molecule has 3 aromatic rings.